The van der Waals surface area contributed by atoms with Crippen LogP contribution in [0.15, 0.2) is 0 Å². The molecule has 2 aliphatic rings. The Morgan fingerprint density at radius 3 is 2.82 bits per heavy atom. The van der Waals surface area contributed by atoms with Gasteiger partial charge in [-0.1, -0.05) is 6.92 Å². The lowest BCUT2D eigenvalue weighted by molar-refractivity contribution is -0.132. The first-order chi connectivity index (χ1) is 8.16. The molecule has 4 heteroatoms. The summed E-state index contributed by atoms with van der Waals surface area (Å²) in [7, 11) is 0. The molecule has 2 saturated heterocycles. The van der Waals surface area contributed by atoms with Crippen molar-refractivity contribution < 1.29 is 9.53 Å². The molecule has 2 N–H and O–H groups in total. The van der Waals surface area contributed by atoms with Crippen molar-refractivity contribution in [1.82, 2.24) is 10.6 Å². The summed E-state index contributed by atoms with van der Waals surface area (Å²) in [6, 6.07) is 0. The predicted molar refractivity (Wildman–Crippen MR) is 66.7 cm³/mol. The van der Waals surface area contributed by atoms with Crippen LogP contribution >= 0.6 is 0 Å². The first kappa shape index (κ1) is 12.8. The second-order valence-electron chi connectivity index (χ2n) is 5.49. The first-order valence-electron chi connectivity index (χ1n) is 6.80. The lowest BCUT2D eigenvalue weighted by Gasteiger charge is -2.29. The van der Waals surface area contributed by atoms with Crippen LogP contribution < -0.4 is 10.6 Å². The van der Waals surface area contributed by atoms with Gasteiger partial charge in [0.2, 0.25) is 5.91 Å². The zero-order chi connectivity index (χ0) is 12.3. The third-order valence-corrected chi connectivity index (χ3v) is 4.05. The lowest BCUT2D eigenvalue weighted by Crippen LogP contribution is -2.44. The Bertz CT molecular complexity index is 270. The van der Waals surface area contributed by atoms with Gasteiger partial charge in [-0.3, -0.25) is 4.79 Å². The highest BCUT2D eigenvalue weighted by atomic mass is 16.5. The van der Waals surface area contributed by atoms with Crippen molar-refractivity contribution in [3.8, 4) is 0 Å². The number of nitrogens with one attached hydrogen (secondary N) is 2. The van der Waals surface area contributed by atoms with Gasteiger partial charge in [-0.2, -0.15) is 0 Å². The summed E-state index contributed by atoms with van der Waals surface area (Å²) in [6.07, 6.45) is 3.10. The number of carbonyl (C=O) groups excluding carboxylic acids is 1. The molecule has 2 rings (SSSR count). The number of hydrogen-bond acceptors (Lipinski definition) is 3. The fraction of sp³-hybridized carbons (Fsp3) is 0.923. The van der Waals surface area contributed by atoms with E-state index in [1.807, 2.05) is 6.92 Å². The summed E-state index contributed by atoms with van der Waals surface area (Å²) in [6.45, 7) is 7.20. The molecule has 4 unspecified atom stereocenters. The number of piperidine rings is 1. The van der Waals surface area contributed by atoms with Gasteiger partial charge in [0, 0.05) is 6.54 Å². The third-order valence-electron chi connectivity index (χ3n) is 4.05. The van der Waals surface area contributed by atoms with Gasteiger partial charge in [0.1, 0.15) is 6.10 Å². The molecule has 0 spiro atoms. The van der Waals surface area contributed by atoms with Gasteiger partial charge in [-0.05, 0) is 51.1 Å². The number of hydrogen-bond donors (Lipinski definition) is 2. The van der Waals surface area contributed by atoms with Crippen molar-refractivity contribution in [3.63, 3.8) is 0 Å². The Labute approximate surface area is 103 Å². The van der Waals surface area contributed by atoms with Crippen molar-refractivity contribution in [1.29, 1.82) is 0 Å². The van der Waals surface area contributed by atoms with E-state index in [4.69, 9.17) is 4.74 Å². The van der Waals surface area contributed by atoms with Crippen LogP contribution in [0.4, 0.5) is 0 Å². The monoisotopic (exact) mass is 240 g/mol. The molecule has 2 fully saturated rings. The summed E-state index contributed by atoms with van der Waals surface area (Å²) in [5.74, 6) is 1.33. The number of rotatable bonds is 3. The topological polar surface area (TPSA) is 50.4 Å². The van der Waals surface area contributed by atoms with E-state index in [2.05, 4.69) is 17.6 Å². The largest absolute Gasteiger partial charge is 0.365 e. The van der Waals surface area contributed by atoms with E-state index in [-0.39, 0.29) is 18.1 Å². The van der Waals surface area contributed by atoms with Crippen LogP contribution in [-0.4, -0.2) is 37.7 Å². The highest BCUT2D eigenvalue weighted by molar-refractivity contribution is 5.81. The van der Waals surface area contributed by atoms with E-state index in [0.29, 0.717) is 11.8 Å². The zero-order valence-corrected chi connectivity index (χ0v) is 10.9. The van der Waals surface area contributed by atoms with Gasteiger partial charge in [0.15, 0.2) is 0 Å². The van der Waals surface area contributed by atoms with E-state index in [1.54, 1.807) is 0 Å². The van der Waals surface area contributed by atoms with Gasteiger partial charge in [-0.25, -0.2) is 0 Å². The number of ether oxygens (including phenoxy) is 1. The zero-order valence-electron chi connectivity index (χ0n) is 10.9. The highest BCUT2D eigenvalue weighted by Gasteiger charge is 2.29. The van der Waals surface area contributed by atoms with Crippen LogP contribution in [0.25, 0.3) is 0 Å². The molecule has 0 radical (unpaired) electrons. The minimum absolute atomic E-state index is 0.0760. The van der Waals surface area contributed by atoms with Gasteiger partial charge < -0.3 is 15.4 Å². The second kappa shape index (κ2) is 5.83. The minimum Gasteiger partial charge on any atom is -0.365 e. The summed E-state index contributed by atoms with van der Waals surface area (Å²) >= 11 is 0. The summed E-state index contributed by atoms with van der Waals surface area (Å²) in [5.41, 5.74) is 0. The number of carbonyl (C=O) groups is 1. The summed E-state index contributed by atoms with van der Waals surface area (Å²) in [4.78, 5) is 11.9. The maximum Gasteiger partial charge on any atom is 0.249 e. The normalized spacial score (nSPS) is 38.0. The Morgan fingerprint density at radius 2 is 2.18 bits per heavy atom. The lowest BCUT2D eigenvalue weighted by atomic mass is 9.88. The van der Waals surface area contributed by atoms with Crippen molar-refractivity contribution in [2.45, 2.75) is 45.3 Å². The van der Waals surface area contributed by atoms with Gasteiger partial charge in [0.05, 0.1) is 6.10 Å². The van der Waals surface area contributed by atoms with Crippen molar-refractivity contribution in [3.05, 3.63) is 0 Å². The summed E-state index contributed by atoms with van der Waals surface area (Å²) in [5, 5.41) is 6.42. The molecule has 2 aliphatic heterocycles. The van der Waals surface area contributed by atoms with Crippen molar-refractivity contribution in [2.75, 3.05) is 19.6 Å². The standard InChI is InChI=1S/C13H24N2O2/c1-9-5-6-14-7-11(9)8-15-13(16)12-4-3-10(2)17-12/h9-12,14H,3-8H2,1-2H3,(H,15,16). The molecule has 0 aromatic heterocycles. The van der Waals surface area contributed by atoms with Crippen molar-refractivity contribution >= 4 is 5.91 Å². The third kappa shape index (κ3) is 3.42. The minimum atomic E-state index is -0.211. The molecule has 4 atom stereocenters. The molecule has 0 bridgehead atoms. The average Bonchev–Trinajstić information content (AvgIpc) is 2.74. The van der Waals surface area contributed by atoms with E-state index >= 15 is 0 Å². The van der Waals surface area contributed by atoms with E-state index in [0.717, 1.165) is 32.5 Å². The van der Waals surface area contributed by atoms with Crippen molar-refractivity contribution in [2.24, 2.45) is 11.8 Å². The van der Waals surface area contributed by atoms with Gasteiger partial charge in [-0.15, -0.1) is 0 Å². The van der Waals surface area contributed by atoms with Gasteiger partial charge >= 0.3 is 0 Å². The molecule has 98 valence electrons. The van der Waals surface area contributed by atoms with E-state index in [9.17, 15) is 4.79 Å². The Kier molecular flexibility index (Phi) is 4.40. The molecular weight excluding hydrogens is 216 g/mol. The molecular formula is C13H24N2O2. The fourth-order valence-electron chi connectivity index (χ4n) is 2.67. The smallest absolute Gasteiger partial charge is 0.249 e. The maximum absolute atomic E-state index is 11.9. The maximum atomic E-state index is 11.9. The number of amides is 1. The predicted octanol–water partition coefficient (Wildman–Crippen LogP) is 0.916. The first-order valence-corrected chi connectivity index (χ1v) is 6.80. The van der Waals surface area contributed by atoms with Crippen LogP contribution in [-0.2, 0) is 9.53 Å². The van der Waals surface area contributed by atoms with Crippen LogP contribution in [0, 0.1) is 11.8 Å². The Balaban J connectivity index is 1.72. The molecule has 0 aromatic rings. The fourth-order valence-corrected chi connectivity index (χ4v) is 2.67. The molecule has 1 amide bonds. The van der Waals surface area contributed by atoms with E-state index < -0.39 is 0 Å². The van der Waals surface area contributed by atoms with Gasteiger partial charge in [0.25, 0.3) is 0 Å². The quantitative estimate of drug-likeness (QED) is 0.771. The second-order valence-corrected chi connectivity index (χ2v) is 5.49. The van der Waals surface area contributed by atoms with Crippen LogP contribution in [0.2, 0.25) is 0 Å². The van der Waals surface area contributed by atoms with Crippen LogP contribution in [0.5, 0.6) is 0 Å². The summed E-state index contributed by atoms with van der Waals surface area (Å²) < 4.78 is 5.56. The van der Waals surface area contributed by atoms with Crippen LogP contribution in [0.1, 0.15) is 33.1 Å². The molecule has 0 saturated carbocycles. The Morgan fingerprint density at radius 1 is 1.35 bits per heavy atom. The van der Waals surface area contributed by atoms with E-state index in [1.165, 1.54) is 6.42 Å². The molecule has 2 heterocycles. The molecule has 0 aliphatic carbocycles. The van der Waals surface area contributed by atoms with Crippen LogP contribution in [0.3, 0.4) is 0 Å². The molecule has 4 nitrogen and oxygen atoms in total. The molecule has 0 aromatic carbocycles. The highest BCUT2D eigenvalue weighted by Crippen LogP contribution is 2.20. The average molecular weight is 240 g/mol. The Hall–Kier alpha value is -0.610. The molecule has 17 heavy (non-hydrogen) atoms. The SMILES string of the molecule is CC1CCC(C(=O)NCC2CNCCC2C)O1.